The molecule has 5 nitrogen and oxygen atoms in total. The smallest absolute Gasteiger partial charge is 0.376 e. The SMILES string of the molecule is O=S(=O)(Oc1cc(N(c2ccccc2)c2ccc3c4c(sc3c2)C=CCC4)c2sc3ccc(N(C4=CC=CCC4)c4cccc5ccccc45)cc3c2c1)C(F)(F)F. The first kappa shape index (κ1) is 36.5. The van der Waals surface area contributed by atoms with Crippen molar-refractivity contribution < 1.29 is 25.8 Å². The highest BCUT2D eigenvalue weighted by Crippen LogP contribution is 2.50. The third-order valence-corrected chi connectivity index (χ3v) is 14.0. The van der Waals surface area contributed by atoms with Crippen molar-refractivity contribution in [3.63, 3.8) is 0 Å². The van der Waals surface area contributed by atoms with Crippen LogP contribution in [-0.2, 0) is 16.5 Å². The van der Waals surface area contributed by atoms with Crippen LogP contribution >= 0.6 is 22.7 Å². The zero-order valence-corrected chi connectivity index (χ0v) is 33.2. The lowest BCUT2D eigenvalue weighted by Crippen LogP contribution is -2.28. The maximum absolute atomic E-state index is 13.9. The van der Waals surface area contributed by atoms with Crippen LogP contribution in [0.2, 0.25) is 0 Å². The van der Waals surface area contributed by atoms with Crippen LogP contribution in [0, 0.1) is 0 Å². The molecule has 0 atom stereocenters. The number of benzene rings is 6. The summed E-state index contributed by atoms with van der Waals surface area (Å²) >= 11 is 3.20. The van der Waals surface area contributed by atoms with Crippen molar-refractivity contribution in [2.24, 2.45) is 0 Å². The van der Waals surface area contributed by atoms with Crippen molar-refractivity contribution in [1.82, 2.24) is 0 Å². The van der Waals surface area contributed by atoms with Gasteiger partial charge in [-0.1, -0.05) is 78.9 Å². The molecular weight excluding hydrogens is 794 g/mol. The Bertz CT molecular complexity index is 3120. The Morgan fingerprint density at radius 1 is 0.621 bits per heavy atom. The topological polar surface area (TPSA) is 49.9 Å². The summed E-state index contributed by atoms with van der Waals surface area (Å²) in [6.07, 6.45) is 14.3. The van der Waals surface area contributed by atoms with E-state index in [1.807, 2.05) is 71.6 Å². The number of para-hydroxylation sites is 1. The minimum absolute atomic E-state index is 0.435. The minimum atomic E-state index is -5.99. The fourth-order valence-corrected chi connectivity index (χ4v) is 10.9. The van der Waals surface area contributed by atoms with E-state index in [-0.39, 0.29) is 0 Å². The Kier molecular flexibility index (Phi) is 8.92. The quantitative estimate of drug-likeness (QED) is 0.113. The number of hydrogen-bond donors (Lipinski definition) is 0. The Balaban J connectivity index is 1.22. The van der Waals surface area contributed by atoms with Gasteiger partial charge in [0.1, 0.15) is 5.75 Å². The van der Waals surface area contributed by atoms with E-state index in [2.05, 4.69) is 77.7 Å². The number of aryl methyl sites for hydroxylation is 1. The van der Waals surface area contributed by atoms with E-state index in [0.717, 1.165) is 84.4 Å². The lowest BCUT2D eigenvalue weighted by molar-refractivity contribution is -0.0500. The summed E-state index contributed by atoms with van der Waals surface area (Å²) in [6.45, 7) is 0. The normalized spacial score (nSPS) is 14.3. The van der Waals surface area contributed by atoms with Crippen LogP contribution in [0.5, 0.6) is 5.75 Å². The van der Waals surface area contributed by atoms with Gasteiger partial charge in [0.25, 0.3) is 0 Å². The van der Waals surface area contributed by atoms with E-state index in [1.165, 1.54) is 39.3 Å². The summed E-state index contributed by atoms with van der Waals surface area (Å²) in [4.78, 5) is 5.44. The summed E-state index contributed by atoms with van der Waals surface area (Å²) in [6, 6.07) is 39.2. The molecule has 10 rings (SSSR count). The molecule has 2 aliphatic rings. The van der Waals surface area contributed by atoms with Crippen molar-refractivity contribution in [3.8, 4) is 5.75 Å². The lowest BCUT2D eigenvalue weighted by atomic mass is 10.0. The molecule has 11 heteroatoms. The van der Waals surface area contributed by atoms with Gasteiger partial charge in [-0.05, 0) is 109 Å². The Morgan fingerprint density at radius 3 is 2.22 bits per heavy atom. The number of allylic oxidation sites excluding steroid dienone is 5. The fourth-order valence-electron chi connectivity index (χ4n) is 8.10. The first-order chi connectivity index (χ1) is 28.1. The van der Waals surface area contributed by atoms with Gasteiger partial charge >= 0.3 is 15.6 Å². The third kappa shape index (κ3) is 6.34. The number of alkyl halides is 3. The molecular formula is C47H33F3N2O3S3. The van der Waals surface area contributed by atoms with E-state index in [0.29, 0.717) is 11.1 Å². The first-order valence-corrected chi connectivity index (χ1v) is 21.9. The zero-order chi connectivity index (χ0) is 39.6. The monoisotopic (exact) mass is 826 g/mol. The second-order valence-corrected chi connectivity index (χ2v) is 18.0. The van der Waals surface area contributed by atoms with Gasteiger partial charge in [0.05, 0.1) is 16.1 Å². The second-order valence-electron chi connectivity index (χ2n) is 14.3. The maximum atomic E-state index is 13.9. The van der Waals surface area contributed by atoms with E-state index < -0.39 is 21.4 Å². The van der Waals surface area contributed by atoms with Gasteiger partial charge in [-0.3, -0.25) is 0 Å². The highest BCUT2D eigenvalue weighted by atomic mass is 32.2. The molecule has 0 aliphatic heterocycles. The van der Waals surface area contributed by atoms with E-state index in [1.54, 1.807) is 11.3 Å². The largest absolute Gasteiger partial charge is 0.534 e. The summed E-state index contributed by atoms with van der Waals surface area (Å²) in [5.74, 6) is -0.435. The second kappa shape index (κ2) is 14.2. The van der Waals surface area contributed by atoms with Crippen molar-refractivity contribution in [2.75, 3.05) is 9.80 Å². The van der Waals surface area contributed by atoms with Crippen LogP contribution < -0.4 is 14.0 Å². The molecule has 0 bridgehead atoms. The molecule has 0 radical (unpaired) electrons. The Labute approximate surface area is 341 Å². The average Bonchev–Trinajstić information content (AvgIpc) is 3.79. The number of fused-ring (bicyclic) bond motifs is 7. The van der Waals surface area contributed by atoms with Crippen molar-refractivity contribution in [1.29, 1.82) is 0 Å². The number of hydrogen-bond acceptors (Lipinski definition) is 7. The van der Waals surface area contributed by atoms with Crippen LogP contribution in [0.4, 0.5) is 41.6 Å². The molecule has 0 spiro atoms. The van der Waals surface area contributed by atoms with Crippen molar-refractivity contribution in [3.05, 3.63) is 162 Å². The van der Waals surface area contributed by atoms with Gasteiger partial charge < -0.3 is 14.0 Å². The summed E-state index contributed by atoms with van der Waals surface area (Å²) < 4.78 is 74.7. The van der Waals surface area contributed by atoms with Crippen LogP contribution in [0.15, 0.2) is 151 Å². The van der Waals surface area contributed by atoms with Crippen LogP contribution in [0.25, 0.3) is 47.1 Å². The number of thiophene rings is 2. The Hall–Kier alpha value is -5.88. The number of halogens is 3. The molecule has 6 aromatic carbocycles. The molecule has 8 aromatic rings. The van der Waals surface area contributed by atoms with Crippen molar-refractivity contribution >= 4 is 108 Å². The zero-order valence-electron chi connectivity index (χ0n) is 30.7. The molecule has 0 saturated carbocycles. The first-order valence-electron chi connectivity index (χ1n) is 18.8. The molecule has 58 heavy (non-hydrogen) atoms. The lowest BCUT2D eigenvalue weighted by Gasteiger charge is -2.30. The van der Waals surface area contributed by atoms with Crippen LogP contribution in [0.3, 0.4) is 0 Å². The summed E-state index contributed by atoms with van der Waals surface area (Å²) in [5, 5.41) is 4.67. The number of nitrogens with zero attached hydrogens (tertiary/aromatic N) is 2. The van der Waals surface area contributed by atoms with Crippen molar-refractivity contribution in [2.45, 2.75) is 31.2 Å². The highest BCUT2D eigenvalue weighted by Gasteiger charge is 2.48. The molecule has 0 saturated heterocycles. The number of anilines is 5. The van der Waals surface area contributed by atoms with Gasteiger partial charge in [-0.2, -0.15) is 21.6 Å². The molecule has 288 valence electrons. The predicted molar refractivity (Wildman–Crippen MR) is 235 cm³/mol. The van der Waals surface area contributed by atoms with Gasteiger partial charge in [0.2, 0.25) is 0 Å². The summed E-state index contributed by atoms with van der Waals surface area (Å²) in [7, 11) is -5.99. The maximum Gasteiger partial charge on any atom is 0.534 e. The van der Waals surface area contributed by atoms with E-state index in [9.17, 15) is 21.6 Å². The average molecular weight is 827 g/mol. The highest BCUT2D eigenvalue weighted by molar-refractivity contribution is 7.88. The molecule has 0 unspecified atom stereocenters. The standard InChI is InChI=1S/C47H33F3N2O3S3/c48-47(49,50)58(53,54)55-35-28-40-39-26-33(51(31-14-3-1-4-15-31)41-20-11-13-30-12-7-8-18-36(30)41)23-25-44(39)57-46(40)42(29-35)52(32-16-5-2-6-17-32)34-22-24-38-37-19-9-10-21-43(37)56-45(38)27-34/h1-3,5-8,10-14,16-18,20-29H,4,9,15,19H2. The summed E-state index contributed by atoms with van der Waals surface area (Å²) in [5.41, 5.74) is 0.657. The van der Waals surface area contributed by atoms with E-state index in [4.69, 9.17) is 4.18 Å². The Morgan fingerprint density at radius 2 is 1.40 bits per heavy atom. The van der Waals surface area contributed by atoms with E-state index >= 15 is 0 Å². The fraction of sp³-hybridized carbons (Fsp3) is 0.106. The molecule has 2 heterocycles. The third-order valence-electron chi connectivity index (χ3n) is 10.7. The van der Waals surface area contributed by atoms with Gasteiger partial charge in [-0.25, -0.2) is 0 Å². The van der Waals surface area contributed by atoms with Gasteiger partial charge in [-0.15, -0.1) is 22.7 Å². The molecule has 2 aliphatic carbocycles. The van der Waals surface area contributed by atoms with Gasteiger partial charge in [0.15, 0.2) is 0 Å². The van der Waals surface area contributed by atoms with Crippen LogP contribution in [-0.4, -0.2) is 13.9 Å². The molecule has 0 N–H and O–H groups in total. The molecule has 0 amide bonds. The molecule has 0 fully saturated rings. The van der Waals surface area contributed by atoms with Gasteiger partial charge in [0, 0.05) is 59.3 Å². The van der Waals surface area contributed by atoms with Crippen LogP contribution in [0.1, 0.15) is 29.7 Å². The predicted octanol–water partition coefficient (Wildman–Crippen LogP) is 14.5. The minimum Gasteiger partial charge on any atom is -0.376 e. The number of rotatable bonds is 8. The molecule has 2 aromatic heterocycles.